The molecule has 0 bridgehead atoms. The average Bonchev–Trinajstić information content (AvgIpc) is 3.28. The van der Waals surface area contributed by atoms with Gasteiger partial charge in [-0.15, -0.1) is 0 Å². The van der Waals surface area contributed by atoms with Crippen molar-refractivity contribution in [2.45, 2.75) is 69.9 Å². The van der Waals surface area contributed by atoms with E-state index in [1.807, 2.05) is 43.4 Å². The number of anilines is 6. The highest BCUT2D eigenvalue weighted by atomic mass is 79.9. The van der Waals surface area contributed by atoms with Crippen LogP contribution in [0.25, 0.3) is 11.0 Å². The number of benzene rings is 3. The molecule has 2 saturated heterocycles. The lowest BCUT2D eigenvalue weighted by Gasteiger charge is -2.41. The Morgan fingerprint density at radius 1 is 0.985 bits per heavy atom. The number of carbonyl (C=O) groups excluding carboxylic acids is 3. The summed E-state index contributed by atoms with van der Waals surface area (Å²) in [7, 11) is 0.920. The Labute approximate surface area is 388 Å². The van der Waals surface area contributed by atoms with Crippen molar-refractivity contribution in [2.75, 3.05) is 74.1 Å². The van der Waals surface area contributed by atoms with Crippen molar-refractivity contribution < 1.29 is 23.7 Å². The Kier molecular flexibility index (Phi) is 14.0. The van der Waals surface area contributed by atoms with Crippen molar-refractivity contribution in [1.29, 1.82) is 0 Å². The van der Waals surface area contributed by atoms with Crippen LogP contribution in [-0.4, -0.2) is 103 Å². The van der Waals surface area contributed by atoms with Crippen LogP contribution < -0.4 is 46.4 Å². The van der Waals surface area contributed by atoms with Gasteiger partial charge in [0.15, 0.2) is 0 Å². The largest absolute Gasteiger partial charge is 0.494 e. The van der Waals surface area contributed by atoms with E-state index in [1.54, 1.807) is 39.0 Å². The zero-order chi connectivity index (χ0) is 45.8. The van der Waals surface area contributed by atoms with E-state index in [2.05, 4.69) is 86.3 Å². The van der Waals surface area contributed by atoms with Crippen LogP contribution in [0.15, 0.2) is 71.6 Å². The van der Waals surface area contributed by atoms with E-state index in [9.17, 15) is 18.9 Å². The van der Waals surface area contributed by atoms with Crippen molar-refractivity contribution >= 4 is 91.6 Å². The van der Waals surface area contributed by atoms with E-state index in [0.29, 0.717) is 76.0 Å². The van der Waals surface area contributed by atoms with Crippen LogP contribution in [0.3, 0.4) is 0 Å². The number of aryl methyl sites for hydroxylation is 1. The molecular formula is C47H57BrN11O5P. The Hall–Kier alpha value is -5.64. The third-order valence-electron chi connectivity index (χ3n) is 12.8. The summed E-state index contributed by atoms with van der Waals surface area (Å²) in [5, 5.41) is 16.6. The summed E-state index contributed by atoms with van der Waals surface area (Å²) >= 11 is 3.59. The van der Waals surface area contributed by atoms with Crippen LogP contribution in [0.5, 0.6) is 5.75 Å². The zero-order valence-electron chi connectivity index (χ0n) is 37.5. The molecule has 4 heterocycles. The van der Waals surface area contributed by atoms with Gasteiger partial charge in [-0.1, -0.05) is 19.1 Å². The molecule has 0 radical (unpaired) electrons. The smallest absolute Gasteiger partial charge is 0.234 e. The molecule has 3 aliphatic rings. The molecule has 1 saturated carbocycles. The molecule has 1 unspecified atom stereocenters. The van der Waals surface area contributed by atoms with E-state index in [0.717, 1.165) is 67.8 Å². The number of imide groups is 1. The van der Waals surface area contributed by atoms with Crippen LogP contribution in [0.1, 0.15) is 62.5 Å². The van der Waals surface area contributed by atoms with Gasteiger partial charge in [0.25, 0.3) is 0 Å². The second kappa shape index (κ2) is 19.8. The summed E-state index contributed by atoms with van der Waals surface area (Å²) in [5.41, 5.74) is 6.88. The minimum absolute atomic E-state index is 0.0166. The number of piperidine rings is 2. The van der Waals surface area contributed by atoms with Crippen LogP contribution in [0.2, 0.25) is 0 Å². The van der Waals surface area contributed by atoms with E-state index in [-0.39, 0.29) is 35.6 Å². The van der Waals surface area contributed by atoms with Crippen molar-refractivity contribution in [3.63, 3.8) is 0 Å². The molecule has 2 aromatic heterocycles. The lowest BCUT2D eigenvalue weighted by atomic mass is 9.78. The summed E-state index contributed by atoms with van der Waals surface area (Å²) in [6.45, 7) is 8.64. The van der Waals surface area contributed by atoms with E-state index in [1.165, 1.54) is 5.56 Å². The number of amides is 3. The predicted octanol–water partition coefficient (Wildman–Crippen LogP) is 6.60. The number of hydrogen-bond acceptors (Lipinski definition) is 14. The molecule has 342 valence electrons. The summed E-state index contributed by atoms with van der Waals surface area (Å²) in [6, 6.07) is 16.5. The molecule has 5 aromatic rings. The maximum Gasteiger partial charge on any atom is 0.234 e. The monoisotopic (exact) mass is 965 g/mol. The number of hydrogen-bond donors (Lipinski definition) is 5. The van der Waals surface area contributed by atoms with Gasteiger partial charge in [-0.2, -0.15) is 4.98 Å². The number of nitrogens with zero attached hydrogens (tertiary/aromatic N) is 6. The van der Waals surface area contributed by atoms with Gasteiger partial charge in [-0.05, 0) is 109 Å². The molecule has 1 atom stereocenters. The topological polar surface area (TPSA) is 196 Å². The van der Waals surface area contributed by atoms with Gasteiger partial charge in [-0.3, -0.25) is 29.7 Å². The van der Waals surface area contributed by atoms with E-state index in [4.69, 9.17) is 9.72 Å². The number of fused-ring (bicyclic) bond motifs is 1. The van der Waals surface area contributed by atoms with Crippen LogP contribution in [-0.2, 0) is 25.4 Å². The third kappa shape index (κ3) is 10.4. The second-order valence-electron chi connectivity index (χ2n) is 17.4. The first-order chi connectivity index (χ1) is 31.3. The molecule has 2 aliphatic heterocycles. The standard InChI is InChI=1S/C47H57BrN11O5P/c1-6-28-25-38(55-47-53-27-35(48)44(57-47)54-37-12-11-36-42(51-18-17-50-36)43(37)65(4,5)63)40(64-3)26-39(28)59-20-14-31(15-21-59)49-16-19-52-45(61)30-23-33(24-30)58(2)32-9-7-8-29(22-32)34-10-13-41(60)56-46(34)62/h7-9,11-12,17-18,22,25-27,30-31,33-34,49H,6,10,13-16,19-21,23-24H2,1-5H3,(H,52,61)(H,56,60,62)(H2,53,54,55,57). The zero-order valence-corrected chi connectivity index (χ0v) is 40.0. The minimum atomic E-state index is -2.78. The maximum atomic E-state index is 13.5. The normalized spacial score (nSPS) is 19.0. The number of halogens is 1. The molecule has 1 aliphatic carbocycles. The molecule has 16 nitrogen and oxygen atoms in total. The molecular weight excluding hydrogens is 909 g/mol. The summed E-state index contributed by atoms with van der Waals surface area (Å²) in [6.07, 6.45) is 10.1. The number of carbonyl (C=O) groups is 3. The van der Waals surface area contributed by atoms with Gasteiger partial charge in [0, 0.05) is 93.7 Å². The second-order valence-corrected chi connectivity index (χ2v) is 21.5. The predicted molar refractivity (Wildman–Crippen MR) is 260 cm³/mol. The fourth-order valence-corrected chi connectivity index (χ4v) is 10.8. The van der Waals surface area contributed by atoms with Crippen molar-refractivity contribution in [3.8, 4) is 5.75 Å². The van der Waals surface area contributed by atoms with Gasteiger partial charge in [0.2, 0.25) is 23.7 Å². The van der Waals surface area contributed by atoms with Gasteiger partial charge in [-0.25, -0.2) is 4.98 Å². The highest BCUT2D eigenvalue weighted by Crippen LogP contribution is 2.42. The first-order valence-corrected chi connectivity index (χ1v) is 25.7. The lowest BCUT2D eigenvalue weighted by molar-refractivity contribution is -0.134. The lowest BCUT2D eigenvalue weighted by Crippen LogP contribution is -2.50. The number of nitrogens with one attached hydrogen (secondary N) is 5. The molecule has 18 heteroatoms. The molecule has 3 fully saturated rings. The minimum Gasteiger partial charge on any atom is -0.494 e. The third-order valence-corrected chi connectivity index (χ3v) is 14.9. The molecule has 3 amide bonds. The molecule has 8 rings (SSSR count). The van der Waals surface area contributed by atoms with Crippen LogP contribution in [0, 0.1) is 5.92 Å². The Morgan fingerprint density at radius 2 is 1.77 bits per heavy atom. The molecule has 5 N–H and O–H groups in total. The summed E-state index contributed by atoms with van der Waals surface area (Å²) < 4.78 is 20.1. The number of ether oxygens (including phenoxy) is 1. The number of aromatic nitrogens is 4. The fourth-order valence-electron chi connectivity index (χ4n) is 9.12. The van der Waals surface area contributed by atoms with Crippen LogP contribution >= 0.6 is 23.1 Å². The van der Waals surface area contributed by atoms with Crippen molar-refractivity contribution in [1.82, 2.24) is 35.9 Å². The van der Waals surface area contributed by atoms with Gasteiger partial charge in [0.1, 0.15) is 24.2 Å². The van der Waals surface area contributed by atoms with Crippen molar-refractivity contribution in [2.24, 2.45) is 5.92 Å². The van der Waals surface area contributed by atoms with E-state index < -0.39 is 7.14 Å². The number of methoxy groups -OCH3 is 1. The molecule has 3 aromatic carbocycles. The quantitative estimate of drug-likeness (QED) is 0.0403. The first kappa shape index (κ1) is 45.9. The molecule has 0 spiro atoms. The van der Waals surface area contributed by atoms with E-state index >= 15 is 0 Å². The average molecular weight is 967 g/mol. The highest BCUT2D eigenvalue weighted by molar-refractivity contribution is 9.10. The first-order valence-electron chi connectivity index (χ1n) is 22.3. The number of rotatable bonds is 16. The van der Waals surface area contributed by atoms with Gasteiger partial charge >= 0.3 is 0 Å². The van der Waals surface area contributed by atoms with Gasteiger partial charge in [0.05, 0.1) is 39.7 Å². The Morgan fingerprint density at radius 3 is 2.51 bits per heavy atom. The highest BCUT2D eigenvalue weighted by Gasteiger charge is 2.37. The molecule has 65 heavy (non-hydrogen) atoms. The van der Waals surface area contributed by atoms with Crippen molar-refractivity contribution in [3.05, 3.63) is 82.7 Å². The fraction of sp³-hybridized carbons (Fsp3) is 0.426. The van der Waals surface area contributed by atoms with Crippen LogP contribution in [0.4, 0.5) is 34.5 Å². The SMILES string of the molecule is CCc1cc(Nc2ncc(Br)c(Nc3ccc4nccnc4c3P(C)(C)=O)n2)c(OC)cc1N1CCC(NCCNC(=O)C2CC(N(C)c3cccc(C4CCC(=O)NC4=O)c3)C2)CC1. The Bertz CT molecular complexity index is 2630. The summed E-state index contributed by atoms with van der Waals surface area (Å²) in [5.74, 6) is 0.842. The maximum absolute atomic E-state index is 13.5. The Balaban J connectivity index is 0.810. The van der Waals surface area contributed by atoms with Gasteiger partial charge < -0.3 is 40.4 Å². The summed E-state index contributed by atoms with van der Waals surface area (Å²) in [4.78, 5) is 60.0.